The second kappa shape index (κ2) is 8.68. The molecule has 1 rings (SSSR count). The van der Waals surface area contributed by atoms with Crippen molar-refractivity contribution >= 4 is 5.91 Å². The smallest absolute Gasteiger partial charge is 0.257 e. The van der Waals surface area contributed by atoms with Crippen LogP contribution in [0, 0.1) is 6.92 Å². The summed E-state index contributed by atoms with van der Waals surface area (Å²) in [7, 11) is 1.58. The van der Waals surface area contributed by atoms with Crippen molar-refractivity contribution < 1.29 is 14.6 Å². The van der Waals surface area contributed by atoms with Crippen molar-refractivity contribution in [1.29, 1.82) is 0 Å². The monoisotopic (exact) mass is 284 g/mol. The van der Waals surface area contributed by atoms with E-state index in [-0.39, 0.29) is 19.1 Å². The summed E-state index contributed by atoms with van der Waals surface area (Å²) in [4.78, 5) is 14.0. The summed E-state index contributed by atoms with van der Waals surface area (Å²) in [5.74, 6) is -0.132. The third-order valence-corrected chi connectivity index (χ3v) is 3.13. The first-order valence-corrected chi connectivity index (χ1v) is 6.77. The molecule has 1 amide bonds. The predicted molar refractivity (Wildman–Crippen MR) is 75.5 cm³/mol. The second-order valence-corrected chi connectivity index (χ2v) is 4.52. The highest BCUT2D eigenvalue weighted by molar-refractivity contribution is 5.95. The van der Waals surface area contributed by atoms with E-state index in [2.05, 4.69) is 5.10 Å². The Bertz CT molecular complexity index is 420. The zero-order valence-corrected chi connectivity index (χ0v) is 12.2. The fraction of sp³-hybridized carbons (Fsp3) is 0.692. The highest BCUT2D eigenvalue weighted by Crippen LogP contribution is 2.11. The molecular weight excluding hydrogens is 260 g/mol. The normalized spacial score (nSPS) is 10.8. The number of aromatic nitrogens is 2. The summed E-state index contributed by atoms with van der Waals surface area (Å²) in [6.45, 7) is 4.26. The minimum atomic E-state index is -0.132. The number of hydrogen-bond donors (Lipinski definition) is 2. The first-order chi connectivity index (χ1) is 9.65. The average Bonchev–Trinajstić information content (AvgIpc) is 2.81. The van der Waals surface area contributed by atoms with Gasteiger partial charge in [-0.25, -0.2) is 0 Å². The summed E-state index contributed by atoms with van der Waals surface area (Å²) in [6, 6.07) is 0. The van der Waals surface area contributed by atoms with E-state index in [4.69, 9.17) is 15.6 Å². The van der Waals surface area contributed by atoms with Crippen LogP contribution in [0.2, 0.25) is 0 Å². The van der Waals surface area contributed by atoms with Gasteiger partial charge in [-0.1, -0.05) is 0 Å². The van der Waals surface area contributed by atoms with Crippen LogP contribution in [0.15, 0.2) is 6.20 Å². The summed E-state index contributed by atoms with van der Waals surface area (Å²) in [5.41, 5.74) is 6.86. The molecule has 0 radical (unpaired) electrons. The first kappa shape index (κ1) is 16.6. The first-order valence-electron chi connectivity index (χ1n) is 6.77. The fourth-order valence-corrected chi connectivity index (χ4v) is 1.93. The van der Waals surface area contributed by atoms with Crippen LogP contribution >= 0.6 is 0 Å². The van der Waals surface area contributed by atoms with Crippen LogP contribution in [0.25, 0.3) is 0 Å². The highest BCUT2D eigenvalue weighted by atomic mass is 16.5. The summed E-state index contributed by atoms with van der Waals surface area (Å²) in [6.07, 6.45) is 2.39. The lowest BCUT2D eigenvalue weighted by atomic mass is 10.2. The number of ether oxygens (including phenoxy) is 1. The lowest BCUT2D eigenvalue weighted by molar-refractivity contribution is 0.0655. The van der Waals surface area contributed by atoms with Gasteiger partial charge in [-0.15, -0.1) is 0 Å². The zero-order valence-electron chi connectivity index (χ0n) is 12.2. The molecule has 0 spiro atoms. The Morgan fingerprint density at radius 1 is 1.55 bits per heavy atom. The number of aryl methyl sites for hydroxylation is 1. The van der Waals surface area contributed by atoms with Gasteiger partial charge in [0.15, 0.2) is 0 Å². The number of carbonyl (C=O) groups is 1. The van der Waals surface area contributed by atoms with Crippen molar-refractivity contribution in [2.75, 3.05) is 40.0 Å². The van der Waals surface area contributed by atoms with Crippen molar-refractivity contribution in [3.8, 4) is 0 Å². The van der Waals surface area contributed by atoms with Gasteiger partial charge in [-0.3, -0.25) is 9.48 Å². The van der Waals surface area contributed by atoms with Crippen LogP contribution in [-0.2, 0) is 11.3 Å². The molecular formula is C13H24N4O3. The van der Waals surface area contributed by atoms with E-state index in [0.717, 1.165) is 12.1 Å². The van der Waals surface area contributed by atoms with Crippen molar-refractivity contribution in [3.63, 3.8) is 0 Å². The van der Waals surface area contributed by atoms with Gasteiger partial charge >= 0.3 is 0 Å². The van der Waals surface area contributed by atoms with Crippen molar-refractivity contribution in [1.82, 2.24) is 14.7 Å². The van der Waals surface area contributed by atoms with Crippen molar-refractivity contribution in [2.24, 2.45) is 5.73 Å². The minimum Gasteiger partial charge on any atom is -0.395 e. The number of amides is 1. The zero-order chi connectivity index (χ0) is 15.0. The van der Waals surface area contributed by atoms with E-state index in [0.29, 0.717) is 31.8 Å². The number of methoxy groups -OCH3 is 1. The van der Waals surface area contributed by atoms with E-state index >= 15 is 0 Å². The lowest BCUT2D eigenvalue weighted by Gasteiger charge is -2.21. The molecule has 0 bridgehead atoms. The number of hydrogen-bond acceptors (Lipinski definition) is 5. The molecule has 1 aromatic rings. The molecule has 1 heterocycles. The Morgan fingerprint density at radius 3 is 2.90 bits per heavy atom. The Morgan fingerprint density at radius 2 is 2.30 bits per heavy atom. The quantitative estimate of drug-likeness (QED) is 0.645. The summed E-state index contributed by atoms with van der Waals surface area (Å²) >= 11 is 0. The number of carbonyl (C=O) groups excluding carboxylic acids is 1. The van der Waals surface area contributed by atoms with Crippen LogP contribution in [0.5, 0.6) is 0 Å². The second-order valence-electron chi connectivity index (χ2n) is 4.52. The van der Waals surface area contributed by atoms with Crippen LogP contribution in [-0.4, -0.2) is 65.7 Å². The van der Waals surface area contributed by atoms with Crippen LogP contribution in [0.4, 0.5) is 0 Å². The molecule has 1 aromatic heterocycles. The van der Waals surface area contributed by atoms with Crippen LogP contribution in [0.3, 0.4) is 0 Å². The fourth-order valence-electron chi connectivity index (χ4n) is 1.93. The maximum Gasteiger partial charge on any atom is 0.257 e. The van der Waals surface area contributed by atoms with Crippen LogP contribution < -0.4 is 5.73 Å². The van der Waals surface area contributed by atoms with E-state index in [9.17, 15) is 4.79 Å². The molecule has 0 aliphatic rings. The maximum atomic E-state index is 12.4. The van der Waals surface area contributed by atoms with Gasteiger partial charge in [0, 0.05) is 32.4 Å². The highest BCUT2D eigenvalue weighted by Gasteiger charge is 2.20. The van der Waals surface area contributed by atoms with Gasteiger partial charge in [0.25, 0.3) is 5.91 Å². The topological polar surface area (TPSA) is 93.6 Å². The molecule has 7 nitrogen and oxygen atoms in total. The Hall–Kier alpha value is -1.44. The summed E-state index contributed by atoms with van der Waals surface area (Å²) < 4.78 is 6.77. The van der Waals surface area contributed by atoms with E-state index in [1.54, 1.807) is 22.9 Å². The molecule has 0 fully saturated rings. The minimum absolute atomic E-state index is 0.0736. The standard InChI is InChI=1S/C13H24N4O3/c1-11-12(10-15-17(11)5-3-4-14)13(19)16(6-8-18)7-9-20-2/h10,18H,3-9,14H2,1-2H3. The number of nitrogens with two attached hydrogens (primary N) is 1. The van der Waals surface area contributed by atoms with Gasteiger partial charge in [-0.05, 0) is 19.9 Å². The molecule has 7 heteroatoms. The van der Waals surface area contributed by atoms with Gasteiger partial charge in [-0.2, -0.15) is 5.10 Å². The molecule has 20 heavy (non-hydrogen) atoms. The Kier molecular flexibility index (Phi) is 7.21. The summed E-state index contributed by atoms with van der Waals surface area (Å²) in [5, 5.41) is 13.3. The molecule has 0 saturated carbocycles. The van der Waals surface area contributed by atoms with Gasteiger partial charge < -0.3 is 20.5 Å². The third-order valence-electron chi connectivity index (χ3n) is 3.13. The molecule has 114 valence electrons. The SMILES string of the molecule is COCCN(CCO)C(=O)c1cnn(CCCN)c1C. The number of aliphatic hydroxyl groups is 1. The van der Waals surface area contributed by atoms with Gasteiger partial charge in [0.2, 0.25) is 0 Å². The van der Waals surface area contributed by atoms with Crippen molar-refractivity contribution in [2.45, 2.75) is 19.9 Å². The molecule has 0 atom stereocenters. The molecule has 0 unspecified atom stereocenters. The average molecular weight is 284 g/mol. The number of aliphatic hydroxyl groups excluding tert-OH is 1. The molecule has 0 aromatic carbocycles. The Labute approximate surface area is 119 Å². The number of nitrogens with zero attached hydrogens (tertiary/aromatic N) is 3. The lowest BCUT2D eigenvalue weighted by Crippen LogP contribution is -2.36. The van der Waals surface area contributed by atoms with Crippen LogP contribution in [0.1, 0.15) is 22.5 Å². The third kappa shape index (κ3) is 4.29. The maximum absolute atomic E-state index is 12.4. The predicted octanol–water partition coefficient (Wildman–Crippen LogP) is -0.379. The largest absolute Gasteiger partial charge is 0.395 e. The van der Waals surface area contributed by atoms with E-state index < -0.39 is 0 Å². The molecule has 0 aliphatic heterocycles. The van der Waals surface area contributed by atoms with Crippen molar-refractivity contribution in [3.05, 3.63) is 17.5 Å². The molecule has 0 aliphatic carbocycles. The Balaban J connectivity index is 2.80. The molecule has 0 saturated heterocycles. The van der Waals surface area contributed by atoms with E-state index in [1.165, 1.54) is 0 Å². The number of rotatable bonds is 9. The van der Waals surface area contributed by atoms with E-state index in [1.807, 2.05) is 6.92 Å². The molecule has 3 N–H and O–H groups in total. The van der Waals surface area contributed by atoms with Gasteiger partial charge in [0.1, 0.15) is 0 Å². The van der Waals surface area contributed by atoms with Gasteiger partial charge in [0.05, 0.1) is 25.0 Å².